The van der Waals surface area contributed by atoms with Crippen LogP contribution in [-0.4, -0.2) is 9.97 Å². The van der Waals surface area contributed by atoms with Gasteiger partial charge in [-0.15, -0.1) is 0 Å². The summed E-state index contributed by atoms with van der Waals surface area (Å²) in [5.41, 5.74) is 5.15. The van der Waals surface area contributed by atoms with Crippen molar-refractivity contribution in [1.82, 2.24) is 9.97 Å². The van der Waals surface area contributed by atoms with Gasteiger partial charge in [-0.3, -0.25) is 9.78 Å². The quantitative estimate of drug-likeness (QED) is 0.737. The zero-order valence-corrected chi connectivity index (χ0v) is 8.50. The van der Waals surface area contributed by atoms with Crippen molar-refractivity contribution in [1.29, 1.82) is 0 Å². The third kappa shape index (κ3) is 2.57. The maximum atomic E-state index is 12.9. The lowest BCUT2D eigenvalue weighted by atomic mass is 10.3. The number of aromatic nitrogens is 2. The van der Waals surface area contributed by atoms with E-state index < -0.39 is 17.2 Å². The van der Waals surface area contributed by atoms with Gasteiger partial charge >= 0.3 is 0 Å². The first-order valence-electron chi connectivity index (χ1n) is 4.63. The third-order valence-corrected chi connectivity index (χ3v) is 1.95. The second-order valence-corrected chi connectivity index (χ2v) is 3.27. The molecular weight excluding hydrogens is 230 g/mol. The first kappa shape index (κ1) is 11.1. The average molecular weight is 238 g/mol. The van der Waals surface area contributed by atoms with Crippen molar-refractivity contribution in [2.75, 3.05) is 11.1 Å². The SMILES string of the molecule is Nc1nc(Nc2ccc(F)c(F)c2)cc(=O)[nH]1. The normalized spacial score (nSPS) is 10.2. The summed E-state index contributed by atoms with van der Waals surface area (Å²) in [5, 5.41) is 2.64. The number of nitrogens with one attached hydrogen (secondary N) is 2. The van der Waals surface area contributed by atoms with E-state index in [1.54, 1.807) is 0 Å². The summed E-state index contributed by atoms with van der Waals surface area (Å²) in [6, 6.07) is 4.39. The molecule has 4 N–H and O–H groups in total. The Balaban J connectivity index is 2.31. The van der Waals surface area contributed by atoms with E-state index in [0.717, 1.165) is 18.2 Å². The fraction of sp³-hybridized carbons (Fsp3) is 0. The van der Waals surface area contributed by atoms with Gasteiger partial charge in [-0.05, 0) is 12.1 Å². The summed E-state index contributed by atoms with van der Waals surface area (Å²) in [6.07, 6.45) is 0. The van der Waals surface area contributed by atoms with E-state index >= 15 is 0 Å². The van der Waals surface area contributed by atoms with Crippen LogP contribution in [0.3, 0.4) is 0 Å². The van der Waals surface area contributed by atoms with Crippen molar-refractivity contribution < 1.29 is 8.78 Å². The Morgan fingerprint density at radius 1 is 1.24 bits per heavy atom. The molecule has 0 saturated heterocycles. The van der Waals surface area contributed by atoms with Gasteiger partial charge in [-0.2, -0.15) is 4.98 Å². The molecule has 0 saturated carbocycles. The van der Waals surface area contributed by atoms with Crippen molar-refractivity contribution in [2.45, 2.75) is 0 Å². The molecule has 0 aliphatic rings. The van der Waals surface area contributed by atoms with Gasteiger partial charge in [-0.25, -0.2) is 8.78 Å². The number of H-pyrrole nitrogens is 1. The van der Waals surface area contributed by atoms with Crippen LogP contribution in [0.4, 0.5) is 26.2 Å². The van der Waals surface area contributed by atoms with E-state index in [4.69, 9.17) is 5.73 Å². The Hall–Kier alpha value is -2.44. The van der Waals surface area contributed by atoms with Gasteiger partial charge in [0, 0.05) is 17.8 Å². The van der Waals surface area contributed by atoms with Crippen molar-refractivity contribution in [2.24, 2.45) is 0 Å². The number of hydrogen-bond donors (Lipinski definition) is 3. The zero-order valence-electron chi connectivity index (χ0n) is 8.50. The predicted octanol–water partition coefficient (Wildman–Crippen LogP) is 1.37. The maximum absolute atomic E-state index is 12.9. The minimum absolute atomic E-state index is 0.0671. The van der Waals surface area contributed by atoms with E-state index in [-0.39, 0.29) is 17.5 Å². The highest BCUT2D eigenvalue weighted by molar-refractivity contribution is 5.56. The maximum Gasteiger partial charge on any atom is 0.254 e. The van der Waals surface area contributed by atoms with Crippen LogP contribution in [0, 0.1) is 11.6 Å². The topological polar surface area (TPSA) is 83.8 Å². The number of halogens is 2. The first-order chi connectivity index (χ1) is 8.04. The molecule has 17 heavy (non-hydrogen) atoms. The molecule has 0 aliphatic heterocycles. The molecule has 0 atom stereocenters. The molecule has 5 nitrogen and oxygen atoms in total. The molecular formula is C10H8F2N4O. The Morgan fingerprint density at radius 3 is 2.65 bits per heavy atom. The summed E-state index contributed by atoms with van der Waals surface area (Å²) in [6.45, 7) is 0. The number of hydrogen-bond acceptors (Lipinski definition) is 4. The Kier molecular flexibility index (Phi) is 2.73. The van der Waals surface area contributed by atoms with E-state index in [2.05, 4.69) is 15.3 Å². The van der Waals surface area contributed by atoms with Gasteiger partial charge in [-0.1, -0.05) is 0 Å². The van der Waals surface area contributed by atoms with Gasteiger partial charge in [0.15, 0.2) is 11.6 Å². The number of rotatable bonds is 2. The van der Waals surface area contributed by atoms with Crippen molar-refractivity contribution >= 4 is 17.5 Å². The van der Waals surface area contributed by atoms with E-state index in [9.17, 15) is 13.6 Å². The van der Waals surface area contributed by atoms with Crippen molar-refractivity contribution in [3.8, 4) is 0 Å². The molecule has 88 valence electrons. The summed E-state index contributed by atoms with van der Waals surface area (Å²) >= 11 is 0. The largest absolute Gasteiger partial charge is 0.369 e. The monoisotopic (exact) mass is 238 g/mol. The summed E-state index contributed by atoms with van der Waals surface area (Å²) in [7, 11) is 0. The molecule has 0 amide bonds. The van der Waals surface area contributed by atoms with Crippen LogP contribution in [0.1, 0.15) is 0 Å². The number of benzene rings is 1. The van der Waals surface area contributed by atoms with Crippen LogP contribution in [0.2, 0.25) is 0 Å². The molecule has 0 bridgehead atoms. The highest BCUT2D eigenvalue weighted by Crippen LogP contribution is 2.16. The fourth-order valence-corrected chi connectivity index (χ4v) is 1.26. The first-order valence-corrected chi connectivity index (χ1v) is 4.63. The van der Waals surface area contributed by atoms with E-state index in [1.807, 2.05) is 0 Å². The Bertz CT molecular complexity index is 611. The standard InChI is InChI=1S/C10H8F2N4O/c11-6-2-1-5(3-7(6)12)14-8-4-9(17)16-10(13)15-8/h1-4H,(H4,13,14,15,16,17). The number of nitrogens with zero attached hydrogens (tertiary/aromatic N) is 1. The molecule has 0 radical (unpaired) electrons. The second-order valence-electron chi connectivity index (χ2n) is 3.27. The second kappa shape index (κ2) is 4.20. The Labute approximate surface area is 94.3 Å². The van der Waals surface area contributed by atoms with Crippen LogP contribution in [-0.2, 0) is 0 Å². The van der Waals surface area contributed by atoms with Crippen LogP contribution < -0.4 is 16.6 Å². The molecule has 2 rings (SSSR count). The van der Waals surface area contributed by atoms with Crippen LogP contribution in [0.25, 0.3) is 0 Å². The summed E-state index contributed by atoms with van der Waals surface area (Å²) in [4.78, 5) is 17.1. The molecule has 1 heterocycles. The number of nitrogen functional groups attached to an aromatic ring is 1. The highest BCUT2D eigenvalue weighted by atomic mass is 19.2. The molecule has 0 unspecified atom stereocenters. The van der Waals surface area contributed by atoms with Crippen LogP contribution >= 0.6 is 0 Å². The minimum atomic E-state index is -0.993. The van der Waals surface area contributed by atoms with E-state index in [0.29, 0.717) is 0 Å². The lowest BCUT2D eigenvalue weighted by molar-refractivity contribution is 0.509. The highest BCUT2D eigenvalue weighted by Gasteiger charge is 2.04. The van der Waals surface area contributed by atoms with Crippen LogP contribution in [0.15, 0.2) is 29.1 Å². The summed E-state index contributed by atoms with van der Waals surface area (Å²) in [5.74, 6) is -1.86. The van der Waals surface area contributed by atoms with E-state index in [1.165, 1.54) is 6.07 Å². The minimum Gasteiger partial charge on any atom is -0.369 e. The van der Waals surface area contributed by atoms with Gasteiger partial charge < -0.3 is 11.1 Å². The van der Waals surface area contributed by atoms with Gasteiger partial charge in [0.25, 0.3) is 5.56 Å². The lowest BCUT2D eigenvalue weighted by Crippen LogP contribution is -2.11. The van der Waals surface area contributed by atoms with Crippen molar-refractivity contribution in [3.63, 3.8) is 0 Å². The number of anilines is 3. The van der Waals surface area contributed by atoms with Gasteiger partial charge in [0.1, 0.15) is 5.82 Å². The molecule has 7 heteroatoms. The number of aromatic amines is 1. The van der Waals surface area contributed by atoms with Crippen molar-refractivity contribution in [3.05, 3.63) is 46.3 Å². The molecule has 1 aromatic carbocycles. The third-order valence-electron chi connectivity index (χ3n) is 1.95. The lowest BCUT2D eigenvalue weighted by Gasteiger charge is -2.05. The molecule has 0 spiro atoms. The number of nitrogens with two attached hydrogens (primary N) is 1. The smallest absolute Gasteiger partial charge is 0.254 e. The predicted molar refractivity (Wildman–Crippen MR) is 58.9 cm³/mol. The zero-order chi connectivity index (χ0) is 12.4. The van der Waals surface area contributed by atoms with Crippen LogP contribution in [0.5, 0.6) is 0 Å². The Morgan fingerprint density at radius 2 is 2.00 bits per heavy atom. The molecule has 2 aromatic rings. The fourth-order valence-electron chi connectivity index (χ4n) is 1.26. The molecule has 0 aliphatic carbocycles. The van der Waals surface area contributed by atoms with Gasteiger partial charge in [0.2, 0.25) is 5.95 Å². The summed E-state index contributed by atoms with van der Waals surface area (Å²) < 4.78 is 25.6. The average Bonchev–Trinajstić information content (AvgIpc) is 2.22. The molecule has 0 fully saturated rings. The van der Waals surface area contributed by atoms with Gasteiger partial charge in [0.05, 0.1) is 0 Å². The molecule has 1 aromatic heterocycles.